The number of carbonyl (C=O) groups excluding carboxylic acids is 2. The van der Waals surface area contributed by atoms with E-state index in [9.17, 15) is 14.0 Å². The Balaban J connectivity index is 1.83. The highest BCUT2D eigenvalue weighted by molar-refractivity contribution is 6.02. The average Bonchev–Trinajstić information content (AvgIpc) is 2.95. The number of ketones is 1. The molecule has 1 aromatic heterocycles. The van der Waals surface area contributed by atoms with Crippen LogP contribution in [0.15, 0.2) is 24.3 Å². The number of carbonyl (C=O) groups is 2. The van der Waals surface area contributed by atoms with E-state index < -0.39 is 0 Å². The van der Waals surface area contributed by atoms with Crippen LogP contribution in [-0.2, 0) is 10.2 Å². The molecule has 1 aliphatic rings. The highest BCUT2D eigenvalue weighted by Crippen LogP contribution is 2.34. The molecule has 2 N–H and O–H groups in total. The summed E-state index contributed by atoms with van der Waals surface area (Å²) in [4.78, 5) is 27.6. The molecule has 1 aromatic carbocycles. The van der Waals surface area contributed by atoms with Crippen molar-refractivity contribution in [1.82, 2.24) is 10.3 Å². The Bertz CT molecular complexity index is 866. The first-order valence-electron chi connectivity index (χ1n) is 9.16. The number of ether oxygens (including phenoxy) is 1. The van der Waals surface area contributed by atoms with Gasteiger partial charge in [0.25, 0.3) is 5.91 Å². The standard InChI is InChI=1S/C21H25FN2O3/c1-13-18(15(3)25)14(2)24-19(13)20(26)23-12-21(7-9-27-10-8-21)16-5-4-6-17(22)11-16/h4-6,11,24H,7-10,12H2,1-3H3,(H,23,26). The van der Waals surface area contributed by atoms with Gasteiger partial charge in [0.2, 0.25) is 0 Å². The van der Waals surface area contributed by atoms with E-state index in [-0.39, 0.29) is 22.9 Å². The van der Waals surface area contributed by atoms with Crippen molar-refractivity contribution in [2.24, 2.45) is 0 Å². The Hall–Kier alpha value is -2.47. The third-order valence-electron chi connectivity index (χ3n) is 5.49. The first-order valence-corrected chi connectivity index (χ1v) is 9.16. The van der Waals surface area contributed by atoms with Crippen molar-refractivity contribution in [1.29, 1.82) is 0 Å². The molecule has 0 unspecified atom stereocenters. The Morgan fingerprint density at radius 2 is 1.96 bits per heavy atom. The number of aryl methyl sites for hydroxylation is 1. The first-order chi connectivity index (χ1) is 12.8. The smallest absolute Gasteiger partial charge is 0.268 e. The van der Waals surface area contributed by atoms with E-state index in [2.05, 4.69) is 10.3 Å². The molecule has 5 nitrogen and oxygen atoms in total. The molecule has 3 rings (SSSR count). The molecule has 0 atom stereocenters. The van der Waals surface area contributed by atoms with E-state index in [4.69, 9.17) is 4.74 Å². The summed E-state index contributed by atoms with van der Waals surface area (Å²) in [5, 5.41) is 2.99. The van der Waals surface area contributed by atoms with Gasteiger partial charge >= 0.3 is 0 Å². The molecular formula is C21H25FN2O3. The van der Waals surface area contributed by atoms with E-state index in [1.165, 1.54) is 19.1 Å². The zero-order chi connectivity index (χ0) is 19.6. The van der Waals surface area contributed by atoms with Crippen LogP contribution in [0.1, 0.15) is 57.4 Å². The Kier molecular flexibility index (Phi) is 5.46. The number of rotatable bonds is 5. The van der Waals surface area contributed by atoms with Crippen LogP contribution < -0.4 is 5.32 Å². The van der Waals surface area contributed by atoms with Gasteiger partial charge in [0.05, 0.1) is 0 Å². The Labute approximate surface area is 158 Å². The van der Waals surface area contributed by atoms with Gasteiger partial charge in [0.1, 0.15) is 11.5 Å². The molecule has 144 valence electrons. The summed E-state index contributed by atoms with van der Waals surface area (Å²) in [6, 6.07) is 6.55. The molecule has 0 spiro atoms. The number of H-pyrrole nitrogens is 1. The highest BCUT2D eigenvalue weighted by Gasteiger charge is 2.35. The van der Waals surface area contributed by atoms with Gasteiger partial charge < -0.3 is 15.0 Å². The maximum absolute atomic E-state index is 13.8. The summed E-state index contributed by atoms with van der Waals surface area (Å²) < 4.78 is 19.3. The number of hydrogen-bond donors (Lipinski definition) is 2. The fraction of sp³-hybridized carbons (Fsp3) is 0.429. The van der Waals surface area contributed by atoms with Crippen LogP contribution in [0.3, 0.4) is 0 Å². The number of hydrogen-bond acceptors (Lipinski definition) is 3. The number of aromatic nitrogens is 1. The van der Waals surface area contributed by atoms with Crippen LogP contribution >= 0.6 is 0 Å². The zero-order valence-electron chi connectivity index (χ0n) is 15.9. The van der Waals surface area contributed by atoms with Gasteiger partial charge in [-0.1, -0.05) is 12.1 Å². The Morgan fingerprint density at radius 3 is 2.56 bits per heavy atom. The van der Waals surface area contributed by atoms with E-state index in [1.54, 1.807) is 19.9 Å². The molecule has 27 heavy (non-hydrogen) atoms. The number of halogens is 1. The van der Waals surface area contributed by atoms with Crippen molar-refractivity contribution in [3.05, 3.63) is 58.2 Å². The van der Waals surface area contributed by atoms with E-state index in [1.807, 2.05) is 6.07 Å². The van der Waals surface area contributed by atoms with Crippen LogP contribution in [0.5, 0.6) is 0 Å². The molecule has 2 heterocycles. The minimum absolute atomic E-state index is 0.0686. The van der Waals surface area contributed by atoms with Gasteiger partial charge in [-0.15, -0.1) is 0 Å². The summed E-state index contributed by atoms with van der Waals surface area (Å²) in [6.07, 6.45) is 1.41. The summed E-state index contributed by atoms with van der Waals surface area (Å²) in [5.41, 5.74) is 2.81. The molecule has 1 saturated heterocycles. The number of aromatic amines is 1. The van der Waals surface area contributed by atoms with Gasteiger partial charge in [-0.05, 0) is 56.9 Å². The normalized spacial score (nSPS) is 16.1. The average molecular weight is 372 g/mol. The molecule has 1 amide bonds. The molecule has 0 radical (unpaired) electrons. The predicted molar refractivity (Wildman–Crippen MR) is 101 cm³/mol. The maximum atomic E-state index is 13.8. The largest absolute Gasteiger partial charge is 0.381 e. The predicted octanol–water partition coefficient (Wildman–Crippen LogP) is 3.45. The number of nitrogens with one attached hydrogen (secondary N) is 2. The lowest BCUT2D eigenvalue weighted by atomic mass is 9.74. The number of benzene rings is 1. The fourth-order valence-electron chi connectivity index (χ4n) is 3.99. The van der Waals surface area contributed by atoms with Crippen molar-refractivity contribution in [3.8, 4) is 0 Å². The molecule has 1 aliphatic heterocycles. The highest BCUT2D eigenvalue weighted by atomic mass is 19.1. The third kappa shape index (κ3) is 3.81. The molecule has 2 aromatic rings. The summed E-state index contributed by atoms with van der Waals surface area (Å²) in [5.74, 6) is -0.613. The Morgan fingerprint density at radius 1 is 1.26 bits per heavy atom. The lowest BCUT2D eigenvalue weighted by molar-refractivity contribution is 0.0485. The lowest BCUT2D eigenvalue weighted by Gasteiger charge is -2.38. The second kappa shape index (κ2) is 7.64. The quantitative estimate of drug-likeness (QED) is 0.790. The zero-order valence-corrected chi connectivity index (χ0v) is 15.9. The van der Waals surface area contributed by atoms with E-state index >= 15 is 0 Å². The molecule has 6 heteroatoms. The van der Waals surface area contributed by atoms with Crippen molar-refractivity contribution < 1.29 is 18.7 Å². The molecular weight excluding hydrogens is 347 g/mol. The maximum Gasteiger partial charge on any atom is 0.268 e. The summed E-state index contributed by atoms with van der Waals surface area (Å²) >= 11 is 0. The van der Waals surface area contributed by atoms with Crippen molar-refractivity contribution in [2.75, 3.05) is 19.8 Å². The lowest BCUT2D eigenvalue weighted by Crippen LogP contribution is -2.44. The summed E-state index contributed by atoms with van der Waals surface area (Å²) in [7, 11) is 0. The summed E-state index contributed by atoms with van der Waals surface area (Å²) in [6.45, 7) is 6.57. The monoisotopic (exact) mass is 372 g/mol. The van der Waals surface area contributed by atoms with Crippen molar-refractivity contribution in [3.63, 3.8) is 0 Å². The second-order valence-electron chi connectivity index (χ2n) is 7.27. The number of Topliss-reactive ketones (excluding diaryl/α,β-unsaturated/α-hetero) is 1. The van der Waals surface area contributed by atoms with E-state index in [0.29, 0.717) is 55.1 Å². The molecule has 0 aliphatic carbocycles. The van der Waals surface area contributed by atoms with Gasteiger partial charge in [-0.25, -0.2) is 4.39 Å². The van der Waals surface area contributed by atoms with E-state index in [0.717, 1.165) is 5.56 Å². The van der Waals surface area contributed by atoms with Gasteiger partial charge in [0, 0.05) is 36.4 Å². The van der Waals surface area contributed by atoms with Gasteiger partial charge in [0.15, 0.2) is 5.78 Å². The topological polar surface area (TPSA) is 71.2 Å². The van der Waals surface area contributed by atoms with Crippen LogP contribution in [0.2, 0.25) is 0 Å². The molecule has 1 fully saturated rings. The number of amides is 1. The van der Waals surface area contributed by atoms with Crippen LogP contribution in [0.25, 0.3) is 0 Å². The molecule has 0 saturated carbocycles. The SMILES string of the molecule is CC(=O)c1c(C)[nH]c(C(=O)NCC2(c3cccc(F)c3)CCOCC2)c1C. The van der Waals surface area contributed by atoms with Crippen molar-refractivity contribution >= 4 is 11.7 Å². The van der Waals surface area contributed by atoms with Crippen LogP contribution in [0.4, 0.5) is 4.39 Å². The van der Waals surface area contributed by atoms with Gasteiger partial charge in [-0.2, -0.15) is 0 Å². The van der Waals surface area contributed by atoms with Gasteiger partial charge in [-0.3, -0.25) is 9.59 Å². The minimum atomic E-state index is -0.366. The van der Waals surface area contributed by atoms with Crippen molar-refractivity contribution in [2.45, 2.75) is 39.0 Å². The molecule has 0 bridgehead atoms. The van der Waals surface area contributed by atoms with Crippen LogP contribution in [0, 0.1) is 19.7 Å². The first kappa shape index (κ1) is 19.3. The fourth-order valence-corrected chi connectivity index (χ4v) is 3.99. The third-order valence-corrected chi connectivity index (χ3v) is 5.49. The second-order valence-corrected chi connectivity index (χ2v) is 7.27. The van der Waals surface area contributed by atoms with Crippen LogP contribution in [-0.4, -0.2) is 36.4 Å². The minimum Gasteiger partial charge on any atom is -0.381 e.